The van der Waals surface area contributed by atoms with Crippen molar-refractivity contribution in [2.45, 2.75) is 13.0 Å². The molecule has 2 N–H and O–H groups in total. The molecular weight excluding hydrogens is 434 g/mol. The first-order valence-electron chi connectivity index (χ1n) is 10.6. The monoisotopic (exact) mass is 461 g/mol. The lowest BCUT2D eigenvalue weighted by Gasteiger charge is -2.09. The van der Waals surface area contributed by atoms with Gasteiger partial charge in [0.05, 0.1) is 26.9 Å². The fourth-order valence-electron chi connectivity index (χ4n) is 3.04. The molecule has 8 nitrogen and oxygen atoms in total. The summed E-state index contributed by atoms with van der Waals surface area (Å²) in [4.78, 5) is 24.1. The number of hydrazone groups is 1. The van der Waals surface area contributed by atoms with Crippen LogP contribution in [0.1, 0.15) is 16.7 Å². The molecule has 0 radical (unpaired) electrons. The number of ether oxygens (including phenoxy) is 3. The van der Waals surface area contributed by atoms with E-state index in [1.807, 2.05) is 30.3 Å². The van der Waals surface area contributed by atoms with E-state index >= 15 is 0 Å². The molecule has 0 atom stereocenters. The van der Waals surface area contributed by atoms with Crippen LogP contribution in [0.3, 0.4) is 0 Å². The second-order valence-electron chi connectivity index (χ2n) is 7.28. The molecule has 3 aromatic carbocycles. The predicted octanol–water partition coefficient (Wildman–Crippen LogP) is 3.09. The molecule has 34 heavy (non-hydrogen) atoms. The Labute approximate surface area is 198 Å². The summed E-state index contributed by atoms with van der Waals surface area (Å²) >= 11 is 0. The maximum Gasteiger partial charge on any atom is 0.258 e. The summed E-state index contributed by atoms with van der Waals surface area (Å²) in [5.74, 6) is 1.26. The minimum absolute atomic E-state index is 0.0769. The largest absolute Gasteiger partial charge is 0.493 e. The molecule has 0 aliphatic carbocycles. The van der Waals surface area contributed by atoms with Gasteiger partial charge in [-0.1, -0.05) is 36.4 Å². The zero-order chi connectivity index (χ0) is 24.2. The highest BCUT2D eigenvalue weighted by atomic mass is 16.5. The lowest BCUT2D eigenvalue weighted by molar-refractivity contribution is -0.123. The molecule has 0 fully saturated rings. The first-order valence-corrected chi connectivity index (χ1v) is 10.6. The lowest BCUT2D eigenvalue weighted by Crippen LogP contribution is -2.28. The fourth-order valence-corrected chi connectivity index (χ4v) is 3.04. The molecule has 8 heteroatoms. The highest BCUT2D eigenvalue weighted by molar-refractivity contribution is 5.83. The molecule has 0 heterocycles. The van der Waals surface area contributed by atoms with Crippen LogP contribution < -0.4 is 25.0 Å². The van der Waals surface area contributed by atoms with Crippen LogP contribution in [0.5, 0.6) is 17.2 Å². The highest BCUT2D eigenvalue weighted by Gasteiger charge is 2.08. The standard InChI is InChI=1S/C26H27N3O5/c1-32-23-13-10-21(14-24(23)33-2)15-25(30)29-28-17-20-8-11-22(12-9-20)34-18-26(31)27-16-19-6-4-3-5-7-19/h3-14,17H,15-16,18H2,1-2H3,(H,27,31)(H,29,30)/b28-17+. The summed E-state index contributed by atoms with van der Waals surface area (Å²) in [7, 11) is 3.10. The summed E-state index contributed by atoms with van der Waals surface area (Å²) in [5, 5.41) is 6.80. The second kappa shape index (κ2) is 12.6. The molecule has 0 spiro atoms. The van der Waals surface area contributed by atoms with E-state index in [2.05, 4.69) is 15.8 Å². The smallest absolute Gasteiger partial charge is 0.258 e. The number of nitrogens with zero attached hydrogens (tertiary/aromatic N) is 1. The first kappa shape index (κ1) is 24.3. The Morgan fingerprint density at radius 2 is 1.59 bits per heavy atom. The van der Waals surface area contributed by atoms with Crippen molar-refractivity contribution < 1.29 is 23.8 Å². The van der Waals surface area contributed by atoms with Gasteiger partial charge >= 0.3 is 0 Å². The van der Waals surface area contributed by atoms with Crippen molar-refractivity contribution in [3.63, 3.8) is 0 Å². The van der Waals surface area contributed by atoms with E-state index in [0.29, 0.717) is 23.8 Å². The Hall–Kier alpha value is -4.33. The van der Waals surface area contributed by atoms with Gasteiger partial charge in [-0.05, 0) is 53.1 Å². The fraction of sp³-hybridized carbons (Fsp3) is 0.192. The van der Waals surface area contributed by atoms with E-state index < -0.39 is 0 Å². The summed E-state index contributed by atoms with van der Waals surface area (Å²) in [6.45, 7) is 0.378. The van der Waals surface area contributed by atoms with Crippen molar-refractivity contribution in [2.24, 2.45) is 5.10 Å². The number of amides is 2. The van der Waals surface area contributed by atoms with Gasteiger partial charge in [0.25, 0.3) is 5.91 Å². The molecule has 0 saturated heterocycles. The molecule has 2 amide bonds. The van der Waals surface area contributed by atoms with Crippen LogP contribution in [0.4, 0.5) is 0 Å². The number of benzene rings is 3. The number of rotatable bonds is 11. The second-order valence-corrected chi connectivity index (χ2v) is 7.28. The van der Waals surface area contributed by atoms with Gasteiger partial charge in [-0.25, -0.2) is 5.43 Å². The number of nitrogens with one attached hydrogen (secondary N) is 2. The van der Waals surface area contributed by atoms with Gasteiger partial charge in [0.1, 0.15) is 5.75 Å². The quantitative estimate of drug-likeness (QED) is 0.338. The Balaban J connectivity index is 1.41. The topological polar surface area (TPSA) is 98.3 Å². The Morgan fingerprint density at radius 1 is 0.853 bits per heavy atom. The molecule has 0 unspecified atom stereocenters. The minimum Gasteiger partial charge on any atom is -0.493 e. The molecule has 0 saturated carbocycles. The molecule has 0 aromatic heterocycles. The van der Waals surface area contributed by atoms with Crippen LogP contribution in [0.2, 0.25) is 0 Å². The average Bonchev–Trinajstić information content (AvgIpc) is 2.87. The highest BCUT2D eigenvalue weighted by Crippen LogP contribution is 2.27. The van der Waals surface area contributed by atoms with Crippen molar-refractivity contribution >= 4 is 18.0 Å². The van der Waals surface area contributed by atoms with Crippen molar-refractivity contribution in [3.05, 3.63) is 89.5 Å². The van der Waals surface area contributed by atoms with E-state index in [1.165, 1.54) is 6.21 Å². The molecule has 176 valence electrons. The summed E-state index contributed by atoms with van der Waals surface area (Å²) in [6.07, 6.45) is 1.68. The van der Waals surface area contributed by atoms with Gasteiger partial charge in [0, 0.05) is 6.54 Å². The minimum atomic E-state index is -0.259. The van der Waals surface area contributed by atoms with Gasteiger partial charge < -0.3 is 19.5 Å². The maximum absolute atomic E-state index is 12.1. The number of hydrogen-bond donors (Lipinski definition) is 2. The SMILES string of the molecule is COc1ccc(CC(=O)N/N=C/c2ccc(OCC(=O)NCc3ccccc3)cc2)cc1OC. The molecule has 0 aliphatic rings. The summed E-state index contributed by atoms with van der Waals surface area (Å²) < 4.78 is 16.0. The van der Waals surface area contributed by atoms with E-state index in [9.17, 15) is 9.59 Å². The maximum atomic E-state index is 12.1. The summed E-state index contributed by atoms with van der Waals surface area (Å²) in [6, 6.07) is 22.0. The lowest BCUT2D eigenvalue weighted by atomic mass is 10.1. The normalized spacial score (nSPS) is 10.5. The van der Waals surface area contributed by atoms with Gasteiger partial charge in [-0.15, -0.1) is 0 Å². The third-order valence-corrected chi connectivity index (χ3v) is 4.80. The zero-order valence-electron chi connectivity index (χ0n) is 19.1. The van der Waals surface area contributed by atoms with E-state index in [-0.39, 0.29) is 24.8 Å². The Kier molecular flexibility index (Phi) is 9.04. The number of carbonyl (C=O) groups excluding carboxylic acids is 2. The van der Waals surface area contributed by atoms with Crippen LogP contribution in [0, 0.1) is 0 Å². The third kappa shape index (κ3) is 7.67. The predicted molar refractivity (Wildman–Crippen MR) is 129 cm³/mol. The van der Waals surface area contributed by atoms with Gasteiger partial charge in [-0.2, -0.15) is 5.10 Å². The van der Waals surface area contributed by atoms with Crippen LogP contribution in [0.25, 0.3) is 0 Å². The van der Waals surface area contributed by atoms with Crippen molar-refractivity contribution in [2.75, 3.05) is 20.8 Å². The van der Waals surface area contributed by atoms with Gasteiger partial charge in [0.15, 0.2) is 18.1 Å². The van der Waals surface area contributed by atoms with Crippen LogP contribution in [-0.2, 0) is 22.6 Å². The third-order valence-electron chi connectivity index (χ3n) is 4.80. The van der Waals surface area contributed by atoms with Gasteiger partial charge in [0.2, 0.25) is 5.91 Å². The van der Waals surface area contributed by atoms with E-state index in [0.717, 1.165) is 16.7 Å². The molecular formula is C26H27N3O5. The van der Waals surface area contributed by atoms with Crippen molar-refractivity contribution in [1.29, 1.82) is 0 Å². The van der Waals surface area contributed by atoms with Crippen LogP contribution in [0.15, 0.2) is 77.9 Å². The molecule has 0 aliphatic heterocycles. The molecule has 3 aromatic rings. The number of carbonyl (C=O) groups is 2. The molecule has 3 rings (SSSR count). The Bertz CT molecular complexity index is 1120. The van der Waals surface area contributed by atoms with Crippen LogP contribution in [-0.4, -0.2) is 38.9 Å². The Morgan fingerprint density at radius 3 is 2.29 bits per heavy atom. The average molecular weight is 462 g/mol. The number of hydrogen-bond acceptors (Lipinski definition) is 6. The first-order chi connectivity index (χ1) is 16.6. The zero-order valence-corrected chi connectivity index (χ0v) is 19.1. The number of methoxy groups -OCH3 is 2. The van der Waals surface area contributed by atoms with E-state index in [4.69, 9.17) is 14.2 Å². The molecule has 0 bridgehead atoms. The summed E-state index contributed by atoms with van der Waals surface area (Å²) in [5.41, 5.74) is 5.07. The van der Waals surface area contributed by atoms with Crippen LogP contribution >= 0.6 is 0 Å². The van der Waals surface area contributed by atoms with Crippen molar-refractivity contribution in [3.8, 4) is 17.2 Å². The van der Waals surface area contributed by atoms with Gasteiger partial charge in [-0.3, -0.25) is 9.59 Å². The van der Waals surface area contributed by atoms with E-state index in [1.54, 1.807) is 56.7 Å². The van der Waals surface area contributed by atoms with Crippen molar-refractivity contribution in [1.82, 2.24) is 10.7 Å².